The zero-order valence-electron chi connectivity index (χ0n) is 11.8. The highest BCUT2D eigenvalue weighted by atomic mass is 16.3. The number of anilines is 1. The van der Waals surface area contributed by atoms with Gasteiger partial charge in [-0.1, -0.05) is 18.2 Å². The summed E-state index contributed by atoms with van der Waals surface area (Å²) in [5.74, 6) is 1.82. The number of hydrogen-bond donors (Lipinski definition) is 0. The number of fused-ring (bicyclic) bond motifs is 1. The Morgan fingerprint density at radius 1 is 1.05 bits per heavy atom. The van der Waals surface area contributed by atoms with Crippen LogP contribution in [-0.4, -0.2) is 30.4 Å². The van der Waals surface area contributed by atoms with Crippen molar-refractivity contribution in [1.82, 2.24) is 4.90 Å². The average Bonchev–Trinajstić information content (AvgIpc) is 3.20. The number of carbonyl (C=O) groups is 1. The molecule has 0 unspecified atom stereocenters. The number of likely N-dealkylation sites (tertiary alicyclic amines) is 1. The molecule has 3 heterocycles. The summed E-state index contributed by atoms with van der Waals surface area (Å²) in [6, 6.07) is 13.9. The van der Waals surface area contributed by atoms with Gasteiger partial charge < -0.3 is 9.32 Å². The molecule has 2 aromatic rings. The fourth-order valence-electron chi connectivity index (χ4n) is 3.54. The van der Waals surface area contributed by atoms with Gasteiger partial charge in [0, 0.05) is 31.2 Å². The van der Waals surface area contributed by atoms with Crippen LogP contribution in [0.2, 0.25) is 0 Å². The number of furan rings is 1. The summed E-state index contributed by atoms with van der Waals surface area (Å²) in [4.78, 5) is 16.9. The van der Waals surface area contributed by atoms with Gasteiger partial charge in [0.15, 0.2) is 0 Å². The number of para-hydroxylation sites is 1. The highest BCUT2D eigenvalue weighted by Gasteiger charge is 2.46. The summed E-state index contributed by atoms with van der Waals surface area (Å²) in [6.07, 6.45) is 1.70. The largest absolute Gasteiger partial charge is 0.468 e. The lowest BCUT2D eigenvalue weighted by Gasteiger charge is -2.21. The molecule has 2 aliphatic rings. The van der Waals surface area contributed by atoms with Gasteiger partial charge in [0.05, 0.1) is 18.7 Å². The number of rotatable bonds is 3. The molecule has 4 nitrogen and oxygen atoms in total. The molecule has 0 radical (unpaired) electrons. The Labute approximate surface area is 124 Å². The second-order valence-electron chi connectivity index (χ2n) is 5.92. The molecule has 0 saturated carbocycles. The van der Waals surface area contributed by atoms with Crippen LogP contribution in [0, 0.1) is 11.8 Å². The highest BCUT2D eigenvalue weighted by Crippen LogP contribution is 2.35. The van der Waals surface area contributed by atoms with Crippen LogP contribution in [0.25, 0.3) is 0 Å². The fourth-order valence-corrected chi connectivity index (χ4v) is 3.54. The van der Waals surface area contributed by atoms with Gasteiger partial charge in [-0.15, -0.1) is 0 Å². The predicted octanol–water partition coefficient (Wildman–Crippen LogP) is 2.37. The molecular formula is C17H18N2O2. The van der Waals surface area contributed by atoms with Crippen molar-refractivity contribution in [3.05, 3.63) is 54.5 Å². The Kier molecular flexibility index (Phi) is 3.04. The van der Waals surface area contributed by atoms with Crippen LogP contribution < -0.4 is 4.90 Å². The summed E-state index contributed by atoms with van der Waals surface area (Å²) in [6.45, 7) is 3.45. The Bertz CT molecular complexity index is 624. The molecule has 0 aliphatic carbocycles. The lowest BCUT2D eigenvalue weighted by atomic mass is 10.0. The van der Waals surface area contributed by atoms with E-state index in [2.05, 4.69) is 4.90 Å². The van der Waals surface area contributed by atoms with E-state index in [1.54, 1.807) is 6.26 Å². The molecule has 21 heavy (non-hydrogen) atoms. The quantitative estimate of drug-likeness (QED) is 0.867. The number of nitrogens with zero attached hydrogens (tertiary/aromatic N) is 2. The van der Waals surface area contributed by atoms with Crippen LogP contribution in [0.5, 0.6) is 0 Å². The van der Waals surface area contributed by atoms with E-state index < -0.39 is 0 Å². The normalized spacial score (nSPS) is 25.5. The zero-order valence-corrected chi connectivity index (χ0v) is 11.8. The van der Waals surface area contributed by atoms with E-state index in [1.165, 1.54) is 0 Å². The smallest absolute Gasteiger partial charge is 0.231 e. The van der Waals surface area contributed by atoms with E-state index >= 15 is 0 Å². The minimum atomic E-state index is 0.139. The number of carbonyl (C=O) groups excluding carboxylic acids is 1. The Morgan fingerprint density at radius 3 is 2.62 bits per heavy atom. The van der Waals surface area contributed by atoms with Gasteiger partial charge >= 0.3 is 0 Å². The molecular weight excluding hydrogens is 264 g/mol. The van der Waals surface area contributed by atoms with E-state index in [-0.39, 0.29) is 11.8 Å². The Balaban J connectivity index is 1.45. The predicted molar refractivity (Wildman–Crippen MR) is 79.8 cm³/mol. The molecule has 0 N–H and O–H groups in total. The number of amides is 1. The first-order valence-electron chi connectivity index (χ1n) is 7.42. The van der Waals surface area contributed by atoms with Crippen molar-refractivity contribution in [1.29, 1.82) is 0 Å². The van der Waals surface area contributed by atoms with Crippen molar-refractivity contribution >= 4 is 11.6 Å². The molecule has 1 aromatic heterocycles. The standard InChI is InChI=1S/C17H18N2O2/c20-17-16-12-18(11-15-7-4-8-21-15)9-13(16)10-19(17)14-5-2-1-3-6-14/h1-8,13,16H,9-12H2/t13-,16-/m1/s1. The van der Waals surface area contributed by atoms with Crippen molar-refractivity contribution in [3.63, 3.8) is 0 Å². The topological polar surface area (TPSA) is 36.7 Å². The molecule has 2 fully saturated rings. The van der Waals surface area contributed by atoms with Crippen molar-refractivity contribution < 1.29 is 9.21 Å². The summed E-state index contributed by atoms with van der Waals surface area (Å²) in [7, 11) is 0. The van der Waals surface area contributed by atoms with Crippen molar-refractivity contribution in [2.45, 2.75) is 6.54 Å². The third-order valence-electron chi connectivity index (χ3n) is 4.54. The average molecular weight is 282 g/mol. The molecule has 108 valence electrons. The Hall–Kier alpha value is -2.07. The first-order chi connectivity index (χ1) is 10.3. The summed E-state index contributed by atoms with van der Waals surface area (Å²) < 4.78 is 5.40. The van der Waals surface area contributed by atoms with Gasteiger partial charge in [0.2, 0.25) is 5.91 Å². The van der Waals surface area contributed by atoms with E-state index in [9.17, 15) is 4.79 Å². The molecule has 0 bridgehead atoms. The van der Waals surface area contributed by atoms with Gasteiger partial charge in [-0.2, -0.15) is 0 Å². The minimum Gasteiger partial charge on any atom is -0.468 e. The van der Waals surface area contributed by atoms with Crippen molar-refractivity contribution in [2.24, 2.45) is 11.8 Å². The van der Waals surface area contributed by atoms with Crippen LogP contribution >= 0.6 is 0 Å². The van der Waals surface area contributed by atoms with Crippen molar-refractivity contribution in [2.75, 3.05) is 24.5 Å². The van der Waals surface area contributed by atoms with Gasteiger partial charge in [0.1, 0.15) is 5.76 Å². The fraction of sp³-hybridized carbons (Fsp3) is 0.353. The van der Waals surface area contributed by atoms with E-state index in [0.717, 1.165) is 37.6 Å². The van der Waals surface area contributed by atoms with Gasteiger partial charge in [0.25, 0.3) is 0 Å². The Morgan fingerprint density at radius 2 is 1.90 bits per heavy atom. The molecule has 1 amide bonds. The van der Waals surface area contributed by atoms with Gasteiger partial charge in [-0.05, 0) is 24.3 Å². The molecule has 2 aliphatic heterocycles. The van der Waals surface area contributed by atoms with E-state index in [4.69, 9.17) is 4.42 Å². The maximum absolute atomic E-state index is 12.6. The summed E-state index contributed by atoms with van der Waals surface area (Å²) in [5.41, 5.74) is 1.02. The maximum atomic E-state index is 12.6. The minimum absolute atomic E-state index is 0.139. The lowest BCUT2D eigenvalue weighted by molar-refractivity contribution is -0.120. The van der Waals surface area contributed by atoms with Crippen LogP contribution in [0.1, 0.15) is 5.76 Å². The first kappa shape index (κ1) is 12.7. The van der Waals surface area contributed by atoms with Crippen LogP contribution in [0.3, 0.4) is 0 Å². The molecule has 0 spiro atoms. The summed E-state index contributed by atoms with van der Waals surface area (Å²) >= 11 is 0. The van der Waals surface area contributed by atoms with Crippen LogP contribution in [-0.2, 0) is 11.3 Å². The van der Waals surface area contributed by atoms with Crippen LogP contribution in [0.15, 0.2) is 53.1 Å². The molecule has 4 heteroatoms. The third kappa shape index (κ3) is 2.25. The first-order valence-corrected chi connectivity index (χ1v) is 7.42. The second kappa shape index (κ2) is 5.04. The second-order valence-corrected chi connectivity index (χ2v) is 5.92. The molecule has 4 rings (SSSR count). The number of hydrogen-bond acceptors (Lipinski definition) is 3. The maximum Gasteiger partial charge on any atom is 0.231 e. The lowest BCUT2D eigenvalue weighted by Crippen LogP contribution is -2.32. The molecule has 2 saturated heterocycles. The van der Waals surface area contributed by atoms with Gasteiger partial charge in [-0.25, -0.2) is 0 Å². The van der Waals surface area contributed by atoms with Gasteiger partial charge in [-0.3, -0.25) is 9.69 Å². The summed E-state index contributed by atoms with van der Waals surface area (Å²) in [5, 5.41) is 0. The third-order valence-corrected chi connectivity index (χ3v) is 4.54. The van der Waals surface area contributed by atoms with Crippen LogP contribution in [0.4, 0.5) is 5.69 Å². The van der Waals surface area contributed by atoms with E-state index in [0.29, 0.717) is 5.92 Å². The number of benzene rings is 1. The van der Waals surface area contributed by atoms with E-state index in [1.807, 2.05) is 47.4 Å². The molecule has 2 atom stereocenters. The zero-order chi connectivity index (χ0) is 14.2. The monoisotopic (exact) mass is 282 g/mol. The molecule has 1 aromatic carbocycles. The highest BCUT2D eigenvalue weighted by molar-refractivity contribution is 5.98. The van der Waals surface area contributed by atoms with Crippen molar-refractivity contribution in [3.8, 4) is 0 Å². The SMILES string of the molecule is O=C1[C@@H]2CN(Cc3ccco3)C[C@@H]2CN1c1ccccc1.